The van der Waals surface area contributed by atoms with Crippen molar-refractivity contribution in [3.63, 3.8) is 0 Å². The molecule has 2 rings (SSSR count). The number of rotatable bonds is 5. The van der Waals surface area contributed by atoms with E-state index in [1.54, 1.807) is 19.3 Å². The summed E-state index contributed by atoms with van der Waals surface area (Å²) in [4.78, 5) is 27.2. The van der Waals surface area contributed by atoms with Gasteiger partial charge in [0.15, 0.2) is 0 Å². The maximum atomic E-state index is 11.9. The number of nitrogens with zero attached hydrogens (tertiary/aromatic N) is 1. The van der Waals surface area contributed by atoms with E-state index < -0.39 is 0 Å². The quantitative estimate of drug-likeness (QED) is 0.800. The molecule has 19 heavy (non-hydrogen) atoms. The van der Waals surface area contributed by atoms with E-state index in [2.05, 4.69) is 15.6 Å². The minimum atomic E-state index is -0.234. The van der Waals surface area contributed by atoms with Crippen LogP contribution >= 0.6 is 0 Å². The average Bonchev–Trinajstić information content (AvgIpc) is 2.89. The zero-order valence-corrected chi connectivity index (χ0v) is 11.1. The van der Waals surface area contributed by atoms with Crippen LogP contribution < -0.4 is 10.6 Å². The molecule has 1 aromatic rings. The normalized spacial score (nSPS) is 22.2. The number of hydrogen-bond acceptors (Lipinski definition) is 4. The number of pyridine rings is 1. The number of amides is 1. The number of ketones is 1. The third-order valence-corrected chi connectivity index (χ3v) is 3.46. The molecule has 5 nitrogen and oxygen atoms in total. The monoisotopic (exact) mass is 261 g/mol. The number of carbonyl (C=O) groups is 2. The van der Waals surface area contributed by atoms with Gasteiger partial charge in [0.25, 0.3) is 0 Å². The fraction of sp³-hybridized carbons (Fsp3) is 0.500. The summed E-state index contributed by atoms with van der Waals surface area (Å²) in [5, 5.41) is 5.98. The van der Waals surface area contributed by atoms with Gasteiger partial charge < -0.3 is 10.6 Å². The van der Waals surface area contributed by atoms with E-state index in [9.17, 15) is 9.59 Å². The first kappa shape index (κ1) is 13.7. The van der Waals surface area contributed by atoms with Crippen LogP contribution in [0.25, 0.3) is 0 Å². The highest BCUT2D eigenvalue weighted by Gasteiger charge is 2.31. The van der Waals surface area contributed by atoms with Gasteiger partial charge in [0.05, 0.1) is 6.04 Å². The Bertz CT molecular complexity index is 447. The molecule has 1 aliphatic rings. The fourth-order valence-electron chi connectivity index (χ4n) is 2.24. The average molecular weight is 261 g/mol. The van der Waals surface area contributed by atoms with Gasteiger partial charge in [-0.2, -0.15) is 0 Å². The second-order valence-corrected chi connectivity index (χ2v) is 4.91. The Kier molecular flexibility index (Phi) is 4.63. The minimum absolute atomic E-state index is 0.0194. The van der Waals surface area contributed by atoms with E-state index in [1.807, 2.05) is 12.1 Å². The highest BCUT2D eigenvalue weighted by atomic mass is 16.2. The number of hydrogen-bond donors (Lipinski definition) is 2. The molecule has 1 fully saturated rings. The predicted octanol–water partition coefficient (Wildman–Crippen LogP) is 0.307. The van der Waals surface area contributed by atoms with Gasteiger partial charge in [-0.15, -0.1) is 0 Å². The maximum Gasteiger partial charge on any atom is 0.237 e. The molecule has 0 radical (unpaired) electrons. The van der Waals surface area contributed by atoms with Crippen LogP contribution in [0, 0.1) is 5.92 Å². The molecular formula is C14H19N3O2. The Morgan fingerprint density at radius 1 is 1.53 bits per heavy atom. The second-order valence-electron chi connectivity index (χ2n) is 4.91. The lowest BCUT2D eigenvalue weighted by molar-refractivity contribution is -0.123. The van der Waals surface area contributed by atoms with Crippen molar-refractivity contribution in [1.29, 1.82) is 0 Å². The van der Waals surface area contributed by atoms with Crippen LogP contribution in [0.15, 0.2) is 24.5 Å². The van der Waals surface area contributed by atoms with E-state index in [1.165, 1.54) is 0 Å². The standard InChI is InChI=1S/C14H19N3O2/c1-10(18)12-7-13(17-9-12)14(19)16-6-4-11-3-2-5-15-8-11/h2-3,5,8,12-13,17H,4,6-7,9H2,1H3,(H,16,19). The van der Waals surface area contributed by atoms with Crippen LogP contribution in [-0.2, 0) is 16.0 Å². The molecule has 1 saturated heterocycles. The Balaban J connectivity index is 1.72. The maximum absolute atomic E-state index is 11.9. The predicted molar refractivity (Wildman–Crippen MR) is 71.5 cm³/mol. The Morgan fingerprint density at radius 2 is 2.37 bits per heavy atom. The fourth-order valence-corrected chi connectivity index (χ4v) is 2.24. The Hall–Kier alpha value is -1.75. The van der Waals surface area contributed by atoms with Gasteiger partial charge >= 0.3 is 0 Å². The van der Waals surface area contributed by atoms with Crippen molar-refractivity contribution in [1.82, 2.24) is 15.6 Å². The molecule has 1 aromatic heterocycles. The van der Waals surface area contributed by atoms with E-state index in [-0.39, 0.29) is 23.7 Å². The summed E-state index contributed by atoms with van der Waals surface area (Å²) in [6.45, 7) is 2.78. The van der Waals surface area contributed by atoms with Gasteiger partial charge in [0, 0.05) is 31.4 Å². The smallest absolute Gasteiger partial charge is 0.237 e. The van der Waals surface area contributed by atoms with Crippen LogP contribution in [-0.4, -0.2) is 35.8 Å². The molecule has 5 heteroatoms. The van der Waals surface area contributed by atoms with E-state index in [0.717, 1.165) is 12.0 Å². The highest BCUT2D eigenvalue weighted by molar-refractivity contribution is 5.85. The number of Topliss-reactive ketones (excluding diaryl/α,β-unsaturated/α-hetero) is 1. The molecule has 0 spiro atoms. The third kappa shape index (κ3) is 3.86. The molecule has 0 saturated carbocycles. The van der Waals surface area contributed by atoms with Crippen molar-refractivity contribution in [3.05, 3.63) is 30.1 Å². The summed E-state index contributed by atoms with van der Waals surface area (Å²) >= 11 is 0. The molecule has 2 unspecified atom stereocenters. The van der Waals surface area contributed by atoms with Crippen LogP contribution in [0.2, 0.25) is 0 Å². The van der Waals surface area contributed by atoms with Crippen LogP contribution in [0.1, 0.15) is 18.9 Å². The molecule has 0 aromatic carbocycles. The largest absolute Gasteiger partial charge is 0.354 e. The van der Waals surface area contributed by atoms with E-state index in [4.69, 9.17) is 0 Å². The summed E-state index contributed by atoms with van der Waals surface area (Å²) in [5.74, 6) is 0.111. The lowest BCUT2D eigenvalue weighted by atomic mass is 10.0. The van der Waals surface area contributed by atoms with Crippen LogP contribution in [0.4, 0.5) is 0 Å². The Morgan fingerprint density at radius 3 is 3.00 bits per heavy atom. The minimum Gasteiger partial charge on any atom is -0.354 e. The first-order valence-electron chi connectivity index (χ1n) is 6.57. The zero-order chi connectivity index (χ0) is 13.7. The van der Waals surface area contributed by atoms with E-state index in [0.29, 0.717) is 19.5 Å². The molecule has 2 atom stereocenters. The summed E-state index contributed by atoms with van der Waals surface area (Å²) in [5.41, 5.74) is 1.10. The summed E-state index contributed by atoms with van der Waals surface area (Å²) in [6, 6.07) is 3.63. The molecule has 0 aliphatic carbocycles. The van der Waals surface area contributed by atoms with Gasteiger partial charge in [0.2, 0.25) is 5.91 Å². The van der Waals surface area contributed by atoms with Crippen LogP contribution in [0.3, 0.4) is 0 Å². The number of aromatic nitrogens is 1. The molecule has 2 N–H and O–H groups in total. The SMILES string of the molecule is CC(=O)C1CNC(C(=O)NCCc2cccnc2)C1. The van der Waals surface area contributed by atoms with Gasteiger partial charge in [-0.05, 0) is 31.4 Å². The van der Waals surface area contributed by atoms with Gasteiger partial charge in [-0.1, -0.05) is 6.07 Å². The van der Waals surface area contributed by atoms with Crippen molar-refractivity contribution >= 4 is 11.7 Å². The van der Waals surface area contributed by atoms with Crippen LogP contribution in [0.5, 0.6) is 0 Å². The third-order valence-electron chi connectivity index (χ3n) is 3.46. The van der Waals surface area contributed by atoms with Crippen molar-refractivity contribution < 1.29 is 9.59 Å². The molecule has 1 aliphatic heterocycles. The van der Waals surface area contributed by atoms with Crippen molar-refractivity contribution in [2.45, 2.75) is 25.8 Å². The lowest BCUT2D eigenvalue weighted by Gasteiger charge is -2.11. The van der Waals surface area contributed by atoms with Crippen molar-refractivity contribution in [2.24, 2.45) is 5.92 Å². The first-order valence-corrected chi connectivity index (χ1v) is 6.57. The number of carbonyl (C=O) groups excluding carboxylic acids is 2. The molecule has 2 heterocycles. The van der Waals surface area contributed by atoms with Gasteiger partial charge in [-0.25, -0.2) is 0 Å². The summed E-state index contributed by atoms with van der Waals surface area (Å²) in [7, 11) is 0. The zero-order valence-electron chi connectivity index (χ0n) is 11.1. The highest BCUT2D eigenvalue weighted by Crippen LogP contribution is 2.14. The van der Waals surface area contributed by atoms with E-state index >= 15 is 0 Å². The topological polar surface area (TPSA) is 71.1 Å². The lowest BCUT2D eigenvalue weighted by Crippen LogP contribution is -2.41. The molecule has 102 valence electrons. The molecular weight excluding hydrogens is 242 g/mol. The van der Waals surface area contributed by atoms with Gasteiger partial charge in [-0.3, -0.25) is 14.6 Å². The molecule has 0 bridgehead atoms. The summed E-state index contributed by atoms with van der Waals surface area (Å²) < 4.78 is 0. The molecule has 1 amide bonds. The van der Waals surface area contributed by atoms with Gasteiger partial charge in [0.1, 0.15) is 5.78 Å². The second kappa shape index (κ2) is 6.43. The van der Waals surface area contributed by atoms with Crippen molar-refractivity contribution in [2.75, 3.05) is 13.1 Å². The summed E-state index contributed by atoms with van der Waals surface area (Å²) in [6.07, 6.45) is 4.90. The first-order chi connectivity index (χ1) is 9.16. The van der Waals surface area contributed by atoms with Crippen molar-refractivity contribution in [3.8, 4) is 0 Å². The number of nitrogens with one attached hydrogen (secondary N) is 2. The Labute approximate surface area is 112 Å².